The van der Waals surface area contributed by atoms with Crippen molar-refractivity contribution in [3.05, 3.63) is 49.5 Å². The lowest BCUT2D eigenvalue weighted by Gasteiger charge is -1.97. The van der Waals surface area contributed by atoms with Gasteiger partial charge in [0.2, 0.25) is 5.78 Å². The second kappa shape index (κ2) is 4.40. The molecule has 0 aliphatic rings. The second-order valence-electron chi connectivity index (χ2n) is 3.08. The molecule has 0 atom stereocenters. The van der Waals surface area contributed by atoms with Crippen LogP contribution in [0.15, 0.2) is 30.5 Å². The van der Waals surface area contributed by atoms with Crippen LogP contribution in [-0.2, 0) is 0 Å². The molecule has 0 spiro atoms. The topological polar surface area (TPSA) is 30.0 Å². The van der Waals surface area contributed by atoms with Gasteiger partial charge in [-0.25, -0.2) is 4.98 Å². The van der Waals surface area contributed by atoms with Crippen LogP contribution >= 0.6 is 33.9 Å². The van der Waals surface area contributed by atoms with Gasteiger partial charge in [-0.1, -0.05) is 12.1 Å². The minimum absolute atomic E-state index is 0.0547. The van der Waals surface area contributed by atoms with E-state index in [9.17, 15) is 4.79 Å². The van der Waals surface area contributed by atoms with Gasteiger partial charge in [0.25, 0.3) is 0 Å². The fourth-order valence-corrected chi connectivity index (χ4v) is 2.52. The zero-order valence-corrected chi connectivity index (χ0v) is 11.0. The predicted octanol–water partition coefficient (Wildman–Crippen LogP) is 3.29. The van der Waals surface area contributed by atoms with Gasteiger partial charge in [-0.15, -0.1) is 11.3 Å². The fourth-order valence-electron chi connectivity index (χ4n) is 1.24. The Labute approximate surface area is 106 Å². The van der Waals surface area contributed by atoms with E-state index in [0.717, 1.165) is 14.1 Å². The summed E-state index contributed by atoms with van der Waals surface area (Å²) in [7, 11) is 0. The van der Waals surface area contributed by atoms with Crippen molar-refractivity contribution < 1.29 is 4.79 Å². The standard InChI is InChI=1S/C11H8INOS/c1-7-13-6-10(15-7)11(14)8-3-2-4-9(12)5-8/h2-6H,1H3. The van der Waals surface area contributed by atoms with Crippen LogP contribution < -0.4 is 0 Å². The molecule has 1 aromatic carbocycles. The highest BCUT2D eigenvalue weighted by atomic mass is 127. The van der Waals surface area contributed by atoms with E-state index in [0.29, 0.717) is 4.88 Å². The van der Waals surface area contributed by atoms with Gasteiger partial charge in [-0.05, 0) is 41.6 Å². The third kappa shape index (κ3) is 2.43. The Hall–Kier alpha value is -0.750. The van der Waals surface area contributed by atoms with Gasteiger partial charge in [0.15, 0.2) is 0 Å². The molecule has 2 rings (SSSR count). The van der Waals surface area contributed by atoms with Gasteiger partial charge in [0.05, 0.1) is 9.88 Å². The smallest absolute Gasteiger partial charge is 0.204 e. The average Bonchev–Trinajstić information content (AvgIpc) is 2.64. The molecule has 0 aliphatic carbocycles. The van der Waals surface area contributed by atoms with Crippen LogP contribution in [0.1, 0.15) is 20.2 Å². The lowest BCUT2D eigenvalue weighted by Crippen LogP contribution is -1.98. The van der Waals surface area contributed by atoms with E-state index in [2.05, 4.69) is 27.6 Å². The molecule has 1 heterocycles. The molecule has 2 nitrogen and oxygen atoms in total. The number of ketones is 1. The number of hydrogen-bond donors (Lipinski definition) is 0. The zero-order valence-electron chi connectivity index (χ0n) is 8.03. The van der Waals surface area contributed by atoms with Gasteiger partial charge >= 0.3 is 0 Å². The maximum absolute atomic E-state index is 12.0. The molecule has 4 heteroatoms. The molecule has 0 unspecified atom stereocenters. The Morgan fingerprint density at radius 1 is 1.47 bits per heavy atom. The first kappa shape index (κ1) is 10.8. The highest BCUT2D eigenvalue weighted by Gasteiger charge is 2.11. The van der Waals surface area contributed by atoms with Crippen molar-refractivity contribution in [2.24, 2.45) is 0 Å². The van der Waals surface area contributed by atoms with Crippen molar-refractivity contribution >= 4 is 39.7 Å². The van der Waals surface area contributed by atoms with Crippen LogP contribution in [0.2, 0.25) is 0 Å². The van der Waals surface area contributed by atoms with Gasteiger partial charge < -0.3 is 0 Å². The normalized spacial score (nSPS) is 10.3. The number of thiazole rings is 1. The Morgan fingerprint density at radius 3 is 2.87 bits per heavy atom. The molecular weight excluding hydrogens is 321 g/mol. The van der Waals surface area contributed by atoms with Crippen molar-refractivity contribution in [1.29, 1.82) is 0 Å². The van der Waals surface area contributed by atoms with Gasteiger partial charge in [0, 0.05) is 15.3 Å². The maximum atomic E-state index is 12.0. The average molecular weight is 329 g/mol. The molecule has 0 radical (unpaired) electrons. The SMILES string of the molecule is Cc1ncc(C(=O)c2cccc(I)c2)s1. The molecule has 2 aromatic rings. The molecule has 1 aromatic heterocycles. The maximum Gasteiger partial charge on any atom is 0.204 e. The summed E-state index contributed by atoms with van der Waals surface area (Å²) in [5.41, 5.74) is 0.727. The van der Waals surface area contributed by atoms with E-state index >= 15 is 0 Å². The summed E-state index contributed by atoms with van der Waals surface area (Å²) in [5, 5.41) is 0.920. The van der Waals surface area contributed by atoms with Crippen molar-refractivity contribution in [1.82, 2.24) is 4.98 Å². The van der Waals surface area contributed by atoms with E-state index < -0.39 is 0 Å². The van der Waals surface area contributed by atoms with Crippen LogP contribution in [0, 0.1) is 10.5 Å². The molecule has 0 amide bonds. The first-order valence-corrected chi connectivity index (χ1v) is 6.29. The monoisotopic (exact) mass is 329 g/mol. The Morgan fingerprint density at radius 2 is 2.27 bits per heavy atom. The number of aromatic nitrogens is 1. The molecule has 0 aliphatic heterocycles. The Balaban J connectivity index is 2.36. The lowest BCUT2D eigenvalue weighted by atomic mass is 10.1. The molecule has 0 N–H and O–H groups in total. The van der Waals surface area contributed by atoms with Crippen LogP contribution in [0.4, 0.5) is 0 Å². The third-order valence-electron chi connectivity index (χ3n) is 1.93. The van der Waals surface area contributed by atoms with E-state index in [1.54, 1.807) is 6.20 Å². The number of benzene rings is 1. The number of rotatable bonds is 2. The first-order chi connectivity index (χ1) is 7.16. The Bertz CT molecular complexity index is 507. The summed E-state index contributed by atoms with van der Waals surface area (Å²) < 4.78 is 1.07. The van der Waals surface area contributed by atoms with Crippen LogP contribution in [0.3, 0.4) is 0 Å². The number of aryl methyl sites for hydroxylation is 1. The second-order valence-corrected chi connectivity index (χ2v) is 5.56. The molecule has 15 heavy (non-hydrogen) atoms. The first-order valence-electron chi connectivity index (χ1n) is 4.39. The summed E-state index contributed by atoms with van der Waals surface area (Å²) in [4.78, 5) is 16.8. The highest BCUT2D eigenvalue weighted by molar-refractivity contribution is 14.1. The van der Waals surface area contributed by atoms with E-state index in [4.69, 9.17) is 0 Å². The summed E-state index contributed by atoms with van der Waals surface area (Å²) in [6.07, 6.45) is 1.64. The number of carbonyl (C=O) groups is 1. The number of hydrogen-bond acceptors (Lipinski definition) is 3. The summed E-state index contributed by atoms with van der Waals surface area (Å²) in [6.45, 7) is 1.90. The fraction of sp³-hybridized carbons (Fsp3) is 0.0909. The summed E-state index contributed by atoms with van der Waals surface area (Å²) in [5.74, 6) is 0.0547. The van der Waals surface area contributed by atoms with Crippen molar-refractivity contribution in [3.63, 3.8) is 0 Å². The van der Waals surface area contributed by atoms with E-state index in [1.165, 1.54) is 11.3 Å². The zero-order chi connectivity index (χ0) is 10.8. The molecule has 0 fully saturated rings. The molecule has 76 valence electrons. The third-order valence-corrected chi connectivity index (χ3v) is 3.51. The van der Waals surface area contributed by atoms with Crippen molar-refractivity contribution in [2.75, 3.05) is 0 Å². The van der Waals surface area contributed by atoms with E-state index in [-0.39, 0.29) is 5.78 Å². The van der Waals surface area contributed by atoms with Crippen molar-refractivity contribution in [3.8, 4) is 0 Å². The largest absolute Gasteiger partial charge is 0.288 e. The van der Waals surface area contributed by atoms with E-state index in [1.807, 2.05) is 31.2 Å². The molecule has 0 saturated carbocycles. The lowest BCUT2D eigenvalue weighted by molar-refractivity contribution is 0.104. The molecular formula is C11H8INOS. The quantitative estimate of drug-likeness (QED) is 0.625. The van der Waals surface area contributed by atoms with Crippen molar-refractivity contribution in [2.45, 2.75) is 6.92 Å². The van der Waals surface area contributed by atoms with Crippen LogP contribution in [-0.4, -0.2) is 10.8 Å². The highest BCUT2D eigenvalue weighted by Crippen LogP contribution is 2.17. The van der Waals surface area contributed by atoms with Gasteiger partial charge in [-0.3, -0.25) is 4.79 Å². The van der Waals surface area contributed by atoms with Gasteiger partial charge in [-0.2, -0.15) is 0 Å². The van der Waals surface area contributed by atoms with Crippen LogP contribution in [0.25, 0.3) is 0 Å². The number of carbonyl (C=O) groups excluding carboxylic acids is 1. The summed E-state index contributed by atoms with van der Waals surface area (Å²) >= 11 is 3.63. The predicted molar refractivity (Wildman–Crippen MR) is 69.4 cm³/mol. The van der Waals surface area contributed by atoms with Gasteiger partial charge in [0.1, 0.15) is 0 Å². The molecule has 0 saturated heterocycles. The Kier molecular flexibility index (Phi) is 3.16. The summed E-state index contributed by atoms with van der Waals surface area (Å²) in [6, 6.07) is 7.58. The number of nitrogens with zero attached hydrogens (tertiary/aromatic N) is 1. The minimum Gasteiger partial charge on any atom is -0.288 e. The molecule has 0 bridgehead atoms. The van der Waals surface area contributed by atoms with Crippen LogP contribution in [0.5, 0.6) is 0 Å². The minimum atomic E-state index is 0.0547. The number of halogens is 1.